The highest BCUT2D eigenvalue weighted by Crippen LogP contribution is 2.57. The van der Waals surface area contributed by atoms with Gasteiger partial charge in [-0.25, -0.2) is 13.1 Å². The second-order valence-corrected chi connectivity index (χ2v) is 18.4. The summed E-state index contributed by atoms with van der Waals surface area (Å²) in [6, 6.07) is 10.8. The number of ether oxygens (including phenoxy) is 1. The highest BCUT2D eigenvalue weighted by molar-refractivity contribution is 7.90. The molecule has 4 atom stereocenters. The molecule has 4 aliphatic rings. The number of rotatable bonds is 8. The Kier molecular flexibility index (Phi) is 10.8. The molecule has 1 saturated carbocycles. The lowest BCUT2D eigenvalue weighted by atomic mass is 9.73. The van der Waals surface area contributed by atoms with Crippen molar-refractivity contribution in [2.75, 3.05) is 38.7 Å². The molecule has 2 fully saturated rings. The third kappa shape index (κ3) is 7.56. The molecule has 3 aliphatic heterocycles. The average Bonchev–Trinajstić information content (AvgIpc) is 3.65. The number of carbonyl (C=O) groups excluding carboxylic acids is 2. The fraction of sp³-hybridized carbons (Fsp3) is 0.537. The van der Waals surface area contributed by atoms with Crippen LogP contribution in [-0.2, 0) is 16.6 Å². The minimum absolute atomic E-state index is 0.0313. The van der Waals surface area contributed by atoms with E-state index in [1.54, 1.807) is 24.1 Å². The molecule has 11 nitrogen and oxygen atoms in total. The maximum Gasteiger partial charge on any atom is 0.408 e. The summed E-state index contributed by atoms with van der Waals surface area (Å²) in [5.74, 6) is -0.328. The van der Waals surface area contributed by atoms with Crippen LogP contribution >= 0.6 is 0 Å². The molecule has 0 radical (unpaired) electrons. The molecule has 1 aromatic heterocycles. The van der Waals surface area contributed by atoms with Gasteiger partial charge in [-0.15, -0.1) is 0 Å². The van der Waals surface area contributed by atoms with Crippen LogP contribution in [0.2, 0.25) is 0 Å². The number of benzene rings is 2. The predicted octanol–water partition coefficient (Wildman–Crippen LogP) is 6.87. The summed E-state index contributed by atoms with van der Waals surface area (Å²) in [5, 5.41) is 3.38. The fourth-order valence-electron chi connectivity index (χ4n) is 9.13. The van der Waals surface area contributed by atoms with Crippen molar-refractivity contribution in [2.45, 2.75) is 102 Å². The van der Waals surface area contributed by atoms with E-state index in [9.17, 15) is 31.2 Å². The number of carbonyl (C=O) groups is 2. The summed E-state index contributed by atoms with van der Waals surface area (Å²) in [6.07, 6.45) is 3.75. The van der Waals surface area contributed by atoms with Gasteiger partial charge in [-0.1, -0.05) is 31.4 Å². The number of hydrogen-bond donors (Lipinski definition) is 1. The summed E-state index contributed by atoms with van der Waals surface area (Å²) in [4.78, 5) is 34.0. The molecule has 2 amide bonds. The molecular formula is C41H51F3N6O5S. The van der Waals surface area contributed by atoms with Crippen LogP contribution in [-0.4, -0.2) is 97.1 Å². The minimum Gasteiger partial charge on any atom is -0.497 e. The van der Waals surface area contributed by atoms with E-state index in [-0.39, 0.29) is 59.2 Å². The monoisotopic (exact) mass is 796 g/mol. The molecule has 1 aliphatic carbocycles. The van der Waals surface area contributed by atoms with E-state index in [0.29, 0.717) is 30.1 Å². The van der Waals surface area contributed by atoms with Crippen molar-refractivity contribution in [3.8, 4) is 5.75 Å². The second kappa shape index (κ2) is 15.2. The Bertz CT molecular complexity index is 2130. The summed E-state index contributed by atoms with van der Waals surface area (Å²) in [5.41, 5.74) is 4.16. The van der Waals surface area contributed by atoms with Crippen LogP contribution in [0.25, 0.3) is 11.6 Å². The second-order valence-electron chi connectivity index (χ2n) is 16.2. The van der Waals surface area contributed by atoms with Crippen molar-refractivity contribution in [2.24, 2.45) is 5.92 Å². The first-order chi connectivity index (χ1) is 26.5. The molecule has 1 saturated heterocycles. The topological polar surface area (TPSA) is 117 Å². The number of halogens is 3. The smallest absolute Gasteiger partial charge is 0.408 e. The van der Waals surface area contributed by atoms with E-state index in [1.807, 2.05) is 51.2 Å². The number of sulfonamides is 1. The van der Waals surface area contributed by atoms with Gasteiger partial charge in [0.15, 0.2) is 0 Å². The molecule has 2 unspecified atom stereocenters. The summed E-state index contributed by atoms with van der Waals surface area (Å²) >= 11 is 0. The number of nitrogens with one attached hydrogen (secondary N) is 1. The quantitative estimate of drug-likeness (QED) is 0.263. The summed E-state index contributed by atoms with van der Waals surface area (Å²) in [6.45, 7) is 6.52. The molecule has 15 heteroatoms. The van der Waals surface area contributed by atoms with Crippen LogP contribution in [0.5, 0.6) is 5.75 Å². The molecule has 3 aromatic rings. The lowest BCUT2D eigenvalue weighted by Crippen LogP contribution is -2.56. The standard InChI is InChI=1S/C41H51F3N6O5S/c1-24(2)56(53,54)46-39(51)28-12-14-33-35(18-28)49-22-30(16-29-17-31(55-6)13-15-32(29)38(49)36(33)27-10-8-7-9-11-27)37-34(19-45-50(37)23-41(42,43)44)40(52)48-20-25(3)47(5)26(4)21-48/h12-19,24-27,36,38H,7-11,20-23H2,1-6H3,(H,46,51)/t25-,26+,36?,38?. The van der Waals surface area contributed by atoms with Crippen molar-refractivity contribution in [3.05, 3.63) is 76.1 Å². The van der Waals surface area contributed by atoms with Crippen molar-refractivity contribution >= 4 is 39.2 Å². The summed E-state index contributed by atoms with van der Waals surface area (Å²) < 4.78 is 77.1. The highest BCUT2D eigenvalue weighted by atomic mass is 32.2. The highest BCUT2D eigenvalue weighted by Gasteiger charge is 2.46. The summed E-state index contributed by atoms with van der Waals surface area (Å²) in [7, 11) is -0.373. The molecule has 7 rings (SSSR count). The Morgan fingerprint density at radius 1 is 1.00 bits per heavy atom. The van der Waals surface area contributed by atoms with Gasteiger partial charge >= 0.3 is 6.18 Å². The van der Waals surface area contributed by atoms with E-state index >= 15 is 0 Å². The average molecular weight is 797 g/mol. The van der Waals surface area contributed by atoms with Crippen molar-refractivity contribution < 1.29 is 35.9 Å². The third-order valence-corrected chi connectivity index (χ3v) is 14.0. The Morgan fingerprint density at radius 3 is 2.32 bits per heavy atom. The lowest BCUT2D eigenvalue weighted by molar-refractivity contribution is -0.142. The van der Waals surface area contributed by atoms with Crippen molar-refractivity contribution in [3.63, 3.8) is 0 Å². The zero-order valence-electron chi connectivity index (χ0n) is 32.8. The number of fused-ring (bicyclic) bond motifs is 5. The number of hydrogen-bond acceptors (Lipinski definition) is 8. The maximum absolute atomic E-state index is 14.5. The molecule has 302 valence electrons. The molecular weight excluding hydrogens is 746 g/mol. The molecule has 2 aromatic carbocycles. The Morgan fingerprint density at radius 2 is 1.68 bits per heavy atom. The normalized spacial score (nSPS) is 23.3. The predicted molar refractivity (Wildman–Crippen MR) is 209 cm³/mol. The lowest BCUT2D eigenvalue weighted by Gasteiger charge is -2.42. The van der Waals surface area contributed by atoms with Gasteiger partial charge in [-0.3, -0.25) is 19.2 Å². The van der Waals surface area contributed by atoms with E-state index < -0.39 is 33.9 Å². The number of amides is 2. The Labute approximate surface area is 326 Å². The molecule has 0 spiro atoms. The maximum atomic E-state index is 14.5. The molecule has 4 heterocycles. The molecule has 1 N–H and O–H groups in total. The minimum atomic E-state index is -4.63. The van der Waals surface area contributed by atoms with Gasteiger partial charge in [-0.05, 0) is 106 Å². The van der Waals surface area contributed by atoms with Gasteiger partial charge in [0.05, 0.1) is 35.9 Å². The van der Waals surface area contributed by atoms with Gasteiger partial charge in [0.1, 0.15) is 12.3 Å². The number of alkyl halides is 3. The Balaban J connectivity index is 1.40. The van der Waals surface area contributed by atoms with Crippen molar-refractivity contribution in [1.29, 1.82) is 0 Å². The SMILES string of the molecule is COc1ccc2c(c1)C=C(c1c(C(=O)N3C[C@@H](C)N(C)[C@@H](C)C3)cnn1CC(F)(F)F)CN1c3cc(C(=O)NS(=O)(=O)C(C)C)ccc3C(C3CCCCC3)C21. The van der Waals surface area contributed by atoms with Crippen LogP contribution in [0, 0.1) is 5.92 Å². The first-order valence-corrected chi connectivity index (χ1v) is 21.0. The zero-order chi connectivity index (χ0) is 40.3. The largest absolute Gasteiger partial charge is 0.497 e. The Hall–Kier alpha value is -4.37. The zero-order valence-corrected chi connectivity index (χ0v) is 33.6. The number of likely N-dealkylation sites (N-methyl/N-ethyl adjacent to an activating group) is 1. The number of aromatic nitrogens is 2. The van der Waals surface area contributed by atoms with Gasteiger partial charge in [0.25, 0.3) is 11.8 Å². The van der Waals surface area contributed by atoms with Crippen LogP contribution in [0.3, 0.4) is 0 Å². The van der Waals surface area contributed by atoms with E-state index in [1.165, 1.54) is 20.0 Å². The number of methoxy groups -OCH3 is 1. The van der Waals surface area contributed by atoms with Crippen molar-refractivity contribution in [1.82, 2.24) is 24.3 Å². The van der Waals surface area contributed by atoms with Crippen LogP contribution in [0.15, 0.2) is 42.6 Å². The van der Waals surface area contributed by atoms with E-state index in [4.69, 9.17) is 4.74 Å². The van der Waals surface area contributed by atoms with Gasteiger partial charge in [0, 0.05) is 48.9 Å². The van der Waals surface area contributed by atoms with Gasteiger partial charge in [-0.2, -0.15) is 18.3 Å². The van der Waals surface area contributed by atoms with Gasteiger partial charge in [0.2, 0.25) is 10.0 Å². The first kappa shape index (κ1) is 39.8. The van der Waals surface area contributed by atoms with E-state index in [2.05, 4.69) is 19.6 Å². The first-order valence-electron chi connectivity index (χ1n) is 19.5. The van der Waals surface area contributed by atoms with Crippen LogP contribution < -0.4 is 14.4 Å². The molecule has 56 heavy (non-hydrogen) atoms. The van der Waals surface area contributed by atoms with Crippen LogP contribution in [0.4, 0.5) is 18.9 Å². The number of anilines is 1. The number of nitrogens with zero attached hydrogens (tertiary/aromatic N) is 5. The van der Waals surface area contributed by atoms with Gasteiger partial charge < -0.3 is 14.5 Å². The molecule has 0 bridgehead atoms. The van der Waals surface area contributed by atoms with E-state index in [0.717, 1.165) is 53.5 Å². The fourth-order valence-corrected chi connectivity index (χ4v) is 9.74. The number of piperazine rings is 1. The van der Waals surface area contributed by atoms with Crippen LogP contribution in [0.1, 0.15) is 115 Å². The third-order valence-electron chi connectivity index (χ3n) is 12.3.